The Morgan fingerprint density at radius 2 is 1.95 bits per heavy atom. The minimum absolute atomic E-state index is 0.103. The second kappa shape index (κ2) is 6.72. The van der Waals surface area contributed by atoms with Crippen molar-refractivity contribution in [3.63, 3.8) is 0 Å². The molecule has 0 unspecified atom stereocenters. The number of anilines is 1. The van der Waals surface area contributed by atoms with Crippen molar-refractivity contribution < 1.29 is 4.74 Å². The average molecular weight is 289 g/mol. The number of hydrogen-bond acceptors (Lipinski definition) is 5. The highest BCUT2D eigenvalue weighted by Crippen LogP contribution is 2.24. The Balaban J connectivity index is 2.28. The van der Waals surface area contributed by atoms with E-state index in [1.807, 2.05) is 32.2 Å². The maximum absolute atomic E-state index is 5.81. The van der Waals surface area contributed by atoms with Crippen LogP contribution in [0.15, 0.2) is 35.5 Å². The largest absolute Gasteiger partial charge is 0.384 e. The zero-order valence-electron chi connectivity index (χ0n) is 12.0. The van der Waals surface area contributed by atoms with E-state index in [4.69, 9.17) is 10.5 Å². The van der Waals surface area contributed by atoms with Gasteiger partial charge < -0.3 is 10.5 Å². The van der Waals surface area contributed by atoms with Crippen LogP contribution in [0.25, 0.3) is 11.3 Å². The molecule has 0 spiro atoms. The summed E-state index contributed by atoms with van der Waals surface area (Å²) in [6.45, 7) is 4.76. The molecule has 0 saturated heterocycles. The Morgan fingerprint density at radius 3 is 2.55 bits per heavy atom. The summed E-state index contributed by atoms with van der Waals surface area (Å²) in [5.74, 6) is 0.492. The summed E-state index contributed by atoms with van der Waals surface area (Å²) in [6.07, 6.45) is 2.04. The first-order valence-electron chi connectivity index (χ1n) is 6.54. The molecule has 1 aromatic heterocycles. The standard InChI is InChI=1S/C15H19N3OS/c1-4-19-10(2)11-5-7-12(8-6-11)13-9-14(16)18-15(17-13)20-3/h5-10H,4H2,1-3H3,(H2,16,17,18)/t10-/m1/s1. The van der Waals surface area contributed by atoms with Gasteiger partial charge in [-0.3, -0.25) is 0 Å². The molecular weight excluding hydrogens is 270 g/mol. The number of ether oxygens (including phenoxy) is 1. The number of thioether (sulfide) groups is 1. The molecule has 2 aromatic rings. The Bertz CT molecular complexity index is 572. The van der Waals surface area contributed by atoms with Gasteiger partial charge in [-0.05, 0) is 25.7 Å². The summed E-state index contributed by atoms with van der Waals surface area (Å²) in [4.78, 5) is 8.63. The van der Waals surface area contributed by atoms with Crippen molar-refractivity contribution in [2.24, 2.45) is 0 Å². The fourth-order valence-corrected chi connectivity index (χ4v) is 2.34. The van der Waals surface area contributed by atoms with Crippen LogP contribution >= 0.6 is 11.8 Å². The molecule has 0 aliphatic carbocycles. The lowest BCUT2D eigenvalue weighted by Gasteiger charge is -2.12. The summed E-state index contributed by atoms with van der Waals surface area (Å²) in [5.41, 5.74) is 8.84. The lowest BCUT2D eigenvalue weighted by atomic mass is 10.1. The molecule has 1 heterocycles. The van der Waals surface area contributed by atoms with Gasteiger partial charge in [0.2, 0.25) is 0 Å². The monoisotopic (exact) mass is 289 g/mol. The first-order chi connectivity index (χ1) is 9.63. The van der Waals surface area contributed by atoms with Crippen LogP contribution in [-0.2, 0) is 4.74 Å². The third kappa shape index (κ3) is 3.49. The van der Waals surface area contributed by atoms with E-state index in [2.05, 4.69) is 22.1 Å². The number of rotatable bonds is 5. The van der Waals surface area contributed by atoms with Crippen LogP contribution in [0.2, 0.25) is 0 Å². The fraction of sp³-hybridized carbons (Fsp3) is 0.333. The predicted octanol–water partition coefficient (Wildman–Crippen LogP) is 3.55. The lowest BCUT2D eigenvalue weighted by Crippen LogP contribution is -1.99. The number of aromatic nitrogens is 2. The van der Waals surface area contributed by atoms with Gasteiger partial charge in [0.05, 0.1) is 11.8 Å². The molecule has 0 amide bonds. The van der Waals surface area contributed by atoms with Gasteiger partial charge in [0.15, 0.2) is 5.16 Å². The van der Waals surface area contributed by atoms with Crippen molar-refractivity contribution in [1.29, 1.82) is 0 Å². The molecule has 0 saturated carbocycles. The first kappa shape index (κ1) is 14.8. The number of nitrogen functional groups attached to an aromatic ring is 1. The first-order valence-corrected chi connectivity index (χ1v) is 7.77. The van der Waals surface area contributed by atoms with E-state index >= 15 is 0 Å². The van der Waals surface area contributed by atoms with Crippen LogP contribution in [0.1, 0.15) is 25.5 Å². The summed E-state index contributed by atoms with van der Waals surface area (Å²) in [5, 5.41) is 0.687. The summed E-state index contributed by atoms with van der Waals surface area (Å²) in [7, 11) is 0. The third-order valence-corrected chi connectivity index (χ3v) is 3.55. The topological polar surface area (TPSA) is 61.0 Å². The zero-order valence-corrected chi connectivity index (χ0v) is 12.8. The van der Waals surface area contributed by atoms with E-state index in [-0.39, 0.29) is 6.10 Å². The van der Waals surface area contributed by atoms with Gasteiger partial charge in [-0.1, -0.05) is 36.0 Å². The quantitative estimate of drug-likeness (QED) is 0.674. The van der Waals surface area contributed by atoms with Crippen molar-refractivity contribution in [3.05, 3.63) is 35.9 Å². The van der Waals surface area contributed by atoms with Crippen LogP contribution in [0.5, 0.6) is 0 Å². The van der Waals surface area contributed by atoms with Crippen LogP contribution < -0.4 is 5.73 Å². The van der Waals surface area contributed by atoms with Crippen LogP contribution in [-0.4, -0.2) is 22.8 Å². The second-order valence-corrected chi connectivity index (χ2v) is 5.16. The number of nitrogens with zero attached hydrogens (tertiary/aromatic N) is 2. The number of hydrogen-bond donors (Lipinski definition) is 1. The zero-order chi connectivity index (χ0) is 14.5. The number of benzene rings is 1. The Kier molecular flexibility index (Phi) is 4.98. The molecular formula is C15H19N3OS. The van der Waals surface area contributed by atoms with Crippen LogP contribution in [0.4, 0.5) is 5.82 Å². The van der Waals surface area contributed by atoms with Gasteiger partial charge in [-0.15, -0.1) is 0 Å². The molecule has 2 rings (SSSR count). The minimum Gasteiger partial charge on any atom is -0.384 e. The van der Waals surface area contributed by atoms with E-state index < -0.39 is 0 Å². The van der Waals surface area contributed by atoms with Crippen molar-refractivity contribution in [2.75, 3.05) is 18.6 Å². The molecule has 5 heteroatoms. The maximum Gasteiger partial charge on any atom is 0.189 e. The van der Waals surface area contributed by atoms with Crippen molar-refractivity contribution >= 4 is 17.6 Å². The Hall–Kier alpha value is -1.59. The van der Waals surface area contributed by atoms with E-state index in [0.717, 1.165) is 16.8 Å². The molecule has 0 aliphatic rings. The highest BCUT2D eigenvalue weighted by molar-refractivity contribution is 7.98. The van der Waals surface area contributed by atoms with Gasteiger partial charge in [0, 0.05) is 18.2 Å². The summed E-state index contributed by atoms with van der Waals surface area (Å²) in [6, 6.07) is 9.99. The van der Waals surface area contributed by atoms with Crippen molar-refractivity contribution in [2.45, 2.75) is 25.1 Å². The molecule has 0 aliphatic heterocycles. The van der Waals surface area contributed by atoms with Crippen molar-refractivity contribution in [3.8, 4) is 11.3 Å². The van der Waals surface area contributed by atoms with E-state index in [0.29, 0.717) is 17.6 Å². The lowest BCUT2D eigenvalue weighted by molar-refractivity contribution is 0.0764. The smallest absolute Gasteiger partial charge is 0.189 e. The average Bonchev–Trinajstić information content (AvgIpc) is 2.47. The third-order valence-electron chi connectivity index (χ3n) is 3.00. The molecule has 1 aromatic carbocycles. The van der Waals surface area contributed by atoms with Crippen LogP contribution in [0.3, 0.4) is 0 Å². The van der Waals surface area contributed by atoms with Gasteiger partial charge in [0.25, 0.3) is 0 Å². The second-order valence-electron chi connectivity index (χ2n) is 4.38. The molecule has 106 valence electrons. The predicted molar refractivity (Wildman–Crippen MR) is 83.7 cm³/mol. The van der Waals surface area contributed by atoms with E-state index in [1.165, 1.54) is 11.8 Å². The maximum atomic E-state index is 5.81. The molecule has 0 fully saturated rings. The molecule has 2 N–H and O–H groups in total. The number of nitrogens with two attached hydrogens (primary N) is 1. The molecule has 0 bridgehead atoms. The normalized spacial score (nSPS) is 12.3. The SMILES string of the molecule is CCO[C@H](C)c1ccc(-c2cc(N)nc(SC)n2)cc1. The van der Waals surface area contributed by atoms with E-state index in [9.17, 15) is 0 Å². The van der Waals surface area contributed by atoms with E-state index in [1.54, 1.807) is 6.07 Å². The highest BCUT2D eigenvalue weighted by atomic mass is 32.2. The Labute approximate surface area is 123 Å². The fourth-order valence-electron chi connectivity index (χ4n) is 1.95. The van der Waals surface area contributed by atoms with Crippen molar-refractivity contribution in [1.82, 2.24) is 9.97 Å². The van der Waals surface area contributed by atoms with Gasteiger partial charge in [-0.25, -0.2) is 9.97 Å². The molecule has 20 heavy (non-hydrogen) atoms. The Morgan fingerprint density at radius 1 is 1.25 bits per heavy atom. The van der Waals surface area contributed by atoms with Gasteiger partial charge >= 0.3 is 0 Å². The highest BCUT2D eigenvalue weighted by Gasteiger charge is 2.07. The van der Waals surface area contributed by atoms with Gasteiger partial charge in [0.1, 0.15) is 5.82 Å². The molecule has 1 atom stereocenters. The summed E-state index contributed by atoms with van der Waals surface area (Å²) >= 11 is 1.48. The summed E-state index contributed by atoms with van der Waals surface area (Å²) < 4.78 is 5.58. The minimum atomic E-state index is 0.103. The van der Waals surface area contributed by atoms with Gasteiger partial charge in [-0.2, -0.15) is 0 Å². The molecule has 4 nitrogen and oxygen atoms in total. The molecule has 0 radical (unpaired) electrons. The van der Waals surface area contributed by atoms with Crippen LogP contribution in [0, 0.1) is 0 Å².